The topological polar surface area (TPSA) is 55.3 Å². The summed E-state index contributed by atoms with van der Waals surface area (Å²) in [7, 11) is 2.07. The Bertz CT molecular complexity index is 617. The third-order valence-electron chi connectivity index (χ3n) is 4.04. The third kappa shape index (κ3) is 1.73. The lowest BCUT2D eigenvalue weighted by Gasteiger charge is -2.31. The van der Waals surface area contributed by atoms with Crippen molar-refractivity contribution in [3.8, 4) is 0 Å². The Labute approximate surface area is 113 Å². The highest BCUT2D eigenvalue weighted by molar-refractivity contribution is 5.79. The van der Waals surface area contributed by atoms with Crippen LogP contribution >= 0.6 is 0 Å². The molecule has 1 heterocycles. The summed E-state index contributed by atoms with van der Waals surface area (Å²) < 4.78 is 0. The minimum absolute atomic E-state index is 0.842. The van der Waals surface area contributed by atoms with Crippen LogP contribution in [-0.2, 0) is 6.42 Å². The zero-order chi connectivity index (χ0) is 13.7. The number of nitrogens with zero attached hydrogens (tertiary/aromatic N) is 1. The van der Waals surface area contributed by atoms with E-state index in [1.165, 1.54) is 22.5 Å². The molecule has 1 aliphatic rings. The van der Waals surface area contributed by atoms with Crippen molar-refractivity contribution in [3.05, 3.63) is 46.5 Å². The van der Waals surface area contributed by atoms with Gasteiger partial charge in [0.05, 0.1) is 0 Å². The summed E-state index contributed by atoms with van der Waals surface area (Å²) in [4.78, 5) is 2.18. The first-order chi connectivity index (χ1) is 8.97. The zero-order valence-electron chi connectivity index (χ0n) is 11.6. The predicted molar refractivity (Wildman–Crippen MR) is 82.1 cm³/mol. The smallest absolute Gasteiger partial charge is 0.0465 e. The number of benzene rings is 2. The lowest BCUT2D eigenvalue weighted by molar-refractivity contribution is 1.05. The van der Waals surface area contributed by atoms with Crippen LogP contribution in [0.25, 0.3) is 0 Å². The summed E-state index contributed by atoms with van der Waals surface area (Å²) in [5.74, 6) is 0. The van der Waals surface area contributed by atoms with Gasteiger partial charge in [0.25, 0.3) is 0 Å². The Balaban J connectivity index is 2.20. The van der Waals surface area contributed by atoms with Gasteiger partial charge >= 0.3 is 0 Å². The molecule has 0 saturated carbocycles. The number of nitrogen functional groups attached to an aromatic ring is 2. The van der Waals surface area contributed by atoms with Crippen molar-refractivity contribution in [2.45, 2.75) is 20.3 Å². The van der Waals surface area contributed by atoms with Crippen molar-refractivity contribution in [1.82, 2.24) is 0 Å². The van der Waals surface area contributed by atoms with E-state index >= 15 is 0 Å². The minimum atomic E-state index is 0.842. The van der Waals surface area contributed by atoms with Gasteiger partial charge in [-0.3, -0.25) is 0 Å². The van der Waals surface area contributed by atoms with Gasteiger partial charge in [0, 0.05) is 36.2 Å². The SMILES string of the molecule is Cc1cc2c(cc1N)N(C)c1cc(N)c(C)cc1C2. The molecule has 3 heteroatoms. The van der Waals surface area contributed by atoms with Gasteiger partial charge in [-0.25, -0.2) is 0 Å². The zero-order valence-corrected chi connectivity index (χ0v) is 11.6. The fraction of sp³-hybridized carbons (Fsp3) is 0.250. The Kier molecular flexibility index (Phi) is 2.45. The molecule has 0 aliphatic carbocycles. The number of hydrogen-bond donors (Lipinski definition) is 2. The lowest BCUT2D eigenvalue weighted by atomic mass is 9.92. The van der Waals surface area contributed by atoms with E-state index in [2.05, 4.69) is 50.1 Å². The summed E-state index contributed by atoms with van der Waals surface area (Å²) in [5.41, 5.74) is 21.0. The maximum atomic E-state index is 6.03. The minimum Gasteiger partial charge on any atom is -0.398 e. The normalized spacial score (nSPS) is 13.1. The second kappa shape index (κ2) is 3.92. The van der Waals surface area contributed by atoms with Gasteiger partial charge in [0.2, 0.25) is 0 Å². The first-order valence-electron chi connectivity index (χ1n) is 6.49. The van der Waals surface area contributed by atoms with E-state index < -0.39 is 0 Å². The molecule has 0 saturated heterocycles. The van der Waals surface area contributed by atoms with Crippen LogP contribution in [0.4, 0.5) is 22.7 Å². The fourth-order valence-electron chi connectivity index (χ4n) is 2.79. The van der Waals surface area contributed by atoms with Gasteiger partial charge < -0.3 is 16.4 Å². The number of aryl methyl sites for hydroxylation is 2. The van der Waals surface area contributed by atoms with E-state index in [0.717, 1.165) is 28.9 Å². The van der Waals surface area contributed by atoms with Crippen LogP contribution in [0, 0.1) is 13.8 Å². The molecule has 3 nitrogen and oxygen atoms in total. The fourth-order valence-corrected chi connectivity index (χ4v) is 2.79. The number of fused-ring (bicyclic) bond motifs is 2. The van der Waals surface area contributed by atoms with Gasteiger partial charge in [0.1, 0.15) is 0 Å². The molecule has 98 valence electrons. The van der Waals surface area contributed by atoms with Crippen molar-refractivity contribution in [2.24, 2.45) is 0 Å². The Morgan fingerprint density at radius 2 is 1.26 bits per heavy atom. The molecule has 0 radical (unpaired) electrons. The van der Waals surface area contributed by atoms with E-state index in [4.69, 9.17) is 11.5 Å². The summed E-state index contributed by atoms with van der Waals surface area (Å²) >= 11 is 0. The number of hydrogen-bond acceptors (Lipinski definition) is 3. The summed E-state index contributed by atoms with van der Waals surface area (Å²) in [6, 6.07) is 8.50. The highest BCUT2D eigenvalue weighted by atomic mass is 15.1. The number of anilines is 4. The van der Waals surface area contributed by atoms with Gasteiger partial charge in [-0.2, -0.15) is 0 Å². The molecule has 1 aliphatic heterocycles. The van der Waals surface area contributed by atoms with Crippen LogP contribution in [0.2, 0.25) is 0 Å². The maximum Gasteiger partial charge on any atom is 0.0465 e. The molecule has 0 fully saturated rings. The second-order valence-corrected chi connectivity index (χ2v) is 5.41. The first kappa shape index (κ1) is 11.9. The molecule has 4 N–H and O–H groups in total. The van der Waals surface area contributed by atoms with Crippen molar-refractivity contribution >= 4 is 22.7 Å². The predicted octanol–water partition coefficient (Wildman–Crippen LogP) is 3.14. The summed E-state index contributed by atoms with van der Waals surface area (Å²) in [6.45, 7) is 4.11. The number of nitrogens with two attached hydrogens (primary N) is 2. The molecule has 3 rings (SSSR count). The average Bonchev–Trinajstić information content (AvgIpc) is 2.35. The molecule has 2 aromatic rings. The van der Waals surface area contributed by atoms with Crippen molar-refractivity contribution in [1.29, 1.82) is 0 Å². The van der Waals surface area contributed by atoms with Gasteiger partial charge in [-0.05, 0) is 48.2 Å². The van der Waals surface area contributed by atoms with Crippen LogP contribution in [-0.4, -0.2) is 7.05 Å². The average molecular weight is 253 g/mol. The van der Waals surface area contributed by atoms with Gasteiger partial charge in [-0.1, -0.05) is 12.1 Å². The Morgan fingerprint density at radius 1 is 0.842 bits per heavy atom. The lowest BCUT2D eigenvalue weighted by Crippen LogP contribution is -2.19. The molecule has 19 heavy (non-hydrogen) atoms. The molecule has 0 bridgehead atoms. The van der Waals surface area contributed by atoms with Crippen LogP contribution in [0.15, 0.2) is 24.3 Å². The highest BCUT2D eigenvalue weighted by Crippen LogP contribution is 2.40. The monoisotopic (exact) mass is 253 g/mol. The van der Waals surface area contributed by atoms with E-state index in [1.54, 1.807) is 0 Å². The van der Waals surface area contributed by atoms with Crippen LogP contribution in [0.3, 0.4) is 0 Å². The van der Waals surface area contributed by atoms with Crippen LogP contribution in [0.5, 0.6) is 0 Å². The van der Waals surface area contributed by atoms with Gasteiger partial charge in [0.15, 0.2) is 0 Å². The van der Waals surface area contributed by atoms with E-state index in [0.29, 0.717) is 0 Å². The first-order valence-corrected chi connectivity index (χ1v) is 6.49. The summed E-state index contributed by atoms with van der Waals surface area (Å²) in [6.07, 6.45) is 0.942. The van der Waals surface area contributed by atoms with Gasteiger partial charge in [-0.15, -0.1) is 0 Å². The molecular weight excluding hydrogens is 234 g/mol. The molecular formula is C16H19N3. The maximum absolute atomic E-state index is 6.03. The molecule has 0 amide bonds. The Hall–Kier alpha value is -2.16. The standard InChI is InChI=1S/C16H19N3/c1-9-4-11-6-12-5-10(2)14(18)8-16(12)19(3)15(11)7-13(9)17/h4-5,7-8H,6,17-18H2,1-3H3. The highest BCUT2D eigenvalue weighted by Gasteiger charge is 2.21. The van der Waals surface area contributed by atoms with Crippen LogP contribution in [0.1, 0.15) is 22.3 Å². The quantitative estimate of drug-likeness (QED) is 0.709. The Morgan fingerprint density at radius 3 is 1.68 bits per heavy atom. The second-order valence-electron chi connectivity index (χ2n) is 5.41. The van der Waals surface area contributed by atoms with E-state index in [1.807, 2.05) is 0 Å². The van der Waals surface area contributed by atoms with Crippen molar-refractivity contribution in [3.63, 3.8) is 0 Å². The van der Waals surface area contributed by atoms with Crippen molar-refractivity contribution < 1.29 is 0 Å². The van der Waals surface area contributed by atoms with E-state index in [9.17, 15) is 0 Å². The molecule has 0 aromatic heterocycles. The van der Waals surface area contributed by atoms with Crippen LogP contribution < -0.4 is 16.4 Å². The molecule has 0 unspecified atom stereocenters. The number of rotatable bonds is 0. The molecule has 2 aromatic carbocycles. The molecule has 0 atom stereocenters. The summed E-state index contributed by atoms with van der Waals surface area (Å²) in [5, 5.41) is 0. The molecule has 0 spiro atoms. The van der Waals surface area contributed by atoms with Crippen molar-refractivity contribution in [2.75, 3.05) is 23.4 Å². The van der Waals surface area contributed by atoms with E-state index in [-0.39, 0.29) is 0 Å². The third-order valence-corrected chi connectivity index (χ3v) is 4.04. The largest absolute Gasteiger partial charge is 0.398 e.